The number of anilines is 1. The van der Waals surface area contributed by atoms with Gasteiger partial charge in [0.05, 0.1) is 12.1 Å². The lowest BCUT2D eigenvalue weighted by molar-refractivity contribution is -0.115. The van der Waals surface area contributed by atoms with Crippen LogP contribution >= 0.6 is 11.3 Å². The third kappa shape index (κ3) is 4.12. The summed E-state index contributed by atoms with van der Waals surface area (Å²) in [5.74, 6) is -0.0471. The van der Waals surface area contributed by atoms with E-state index in [0.717, 1.165) is 22.8 Å². The predicted molar refractivity (Wildman–Crippen MR) is 87.6 cm³/mol. The molecule has 5 heteroatoms. The lowest BCUT2D eigenvalue weighted by Gasteiger charge is -2.27. The second-order valence-corrected chi connectivity index (χ2v) is 6.11. The van der Waals surface area contributed by atoms with Crippen LogP contribution in [-0.2, 0) is 10.3 Å². The first-order valence-corrected chi connectivity index (χ1v) is 7.94. The summed E-state index contributed by atoms with van der Waals surface area (Å²) >= 11 is 1.63. The molecule has 2 N–H and O–H groups in total. The Kier molecular flexibility index (Phi) is 5.09. The number of hydrogen-bond acceptors (Lipinski definition) is 4. The Bertz CT molecular complexity index is 597. The van der Waals surface area contributed by atoms with Gasteiger partial charge in [-0.05, 0) is 32.4 Å². The maximum Gasteiger partial charge on any atom is 0.238 e. The number of nitrogens with zero attached hydrogens (tertiary/aromatic N) is 1. The minimum atomic E-state index is -0.271. The summed E-state index contributed by atoms with van der Waals surface area (Å²) in [6.45, 7) is 6.43. The molecule has 0 fully saturated rings. The summed E-state index contributed by atoms with van der Waals surface area (Å²) in [4.78, 5) is 16.6. The lowest BCUT2D eigenvalue weighted by atomic mass is 10.00. The highest BCUT2D eigenvalue weighted by Gasteiger charge is 2.27. The molecule has 0 spiro atoms. The number of hydrogen-bond donors (Lipinski definition) is 2. The molecule has 0 aliphatic carbocycles. The molecule has 2 aromatic rings. The zero-order valence-corrected chi connectivity index (χ0v) is 13.5. The van der Waals surface area contributed by atoms with Crippen molar-refractivity contribution in [3.63, 3.8) is 0 Å². The SMILES string of the molecule is CC[C@@](C)(NCC(=O)Nc1ccccc1)c1nc(C)cs1. The molecule has 0 saturated heterocycles. The van der Waals surface area contributed by atoms with E-state index in [0.29, 0.717) is 0 Å². The first-order valence-electron chi connectivity index (χ1n) is 7.06. The normalized spacial score (nSPS) is 13.7. The van der Waals surface area contributed by atoms with E-state index in [9.17, 15) is 4.79 Å². The maximum atomic E-state index is 12.0. The van der Waals surface area contributed by atoms with Crippen LogP contribution in [0.2, 0.25) is 0 Å². The van der Waals surface area contributed by atoms with Gasteiger partial charge in [-0.3, -0.25) is 10.1 Å². The molecule has 0 saturated carbocycles. The zero-order valence-electron chi connectivity index (χ0n) is 12.6. The van der Waals surface area contributed by atoms with Crippen LogP contribution in [0, 0.1) is 6.92 Å². The van der Waals surface area contributed by atoms with Crippen molar-refractivity contribution in [1.82, 2.24) is 10.3 Å². The van der Waals surface area contributed by atoms with Crippen LogP contribution < -0.4 is 10.6 Å². The van der Waals surface area contributed by atoms with Gasteiger partial charge in [-0.1, -0.05) is 25.1 Å². The molecule has 112 valence electrons. The molecule has 1 aromatic carbocycles. The van der Waals surface area contributed by atoms with E-state index in [1.165, 1.54) is 0 Å². The smallest absolute Gasteiger partial charge is 0.238 e. The van der Waals surface area contributed by atoms with E-state index in [1.807, 2.05) is 42.6 Å². The minimum Gasteiger partial charge on any atom is -0.325 e. The molecule has 0 radical (unpaired) electrons. The maximum absolute atomic E-state index is 12.0. The van der Waals surface area contributed by atoms with Crippen LogP contribution in [0.3, 0.4) is 0 Å². The topological polar surface area (TPSA) is 54.0 Å². The Hall–Kier alpha value is -1.72. The number of aryl methyl sites for hydroxylation is 1. The van der Waals surface area contributed by atoms with E-state index < -0.39 is 0 Å². The van der Waals surface area contributed by atoms with Gasteiger partial charge in [0.15, 0.2) is 0 Å². The van der Waals surface area contributed by atoms with Gasteiger partial charge in [0.2, 0.25) is 5.91 Å². The fraction of sp³-hybridized carbons (Fsp3) is 0.375. The first-order chi connectivity index (χ1) is 10.0. The molecule has 1 atom stereocenters. The van der Waals surface area contributed by atoms with E-state index in [1.54, 1.807) is 11.3 Å². The standard InChI is InChI=1S/C16H21N3OS/c1-4-16(3,15-18-12(2)11-21-15)17-10-14(20)19-13-8-6-5-7-9-13/h5-9,11,17H,4,10H2,1-3H3,(H,19,20)/t16-/m1/s1. The molecule has 21 heavy (non-hydrogen) atoms. The molecular formula is C16H21N3OS. The Morgan fingerprint density at radius 1 is 1.33 bits per heavy atom. The fourth-order valence-electron chi connectivity index (χ4n) is 1.96. The average molecular weight is 303 g/mol. The monoisotopic (exact) mass is 303 g/mol. The molecule has 1 amide bonds. The van der Waals surface area contributed by atoms with Crippen molar-refractivity contribution in [2.24, 2.45) is 0 Å². The van der Waals surface area contributed by atoms with Gasteiger partial charge in [-0.15, -0.1) is 11.3 Å². The third-order valence-electron chi connectivity index (χ3n) is 3.49. The molecule has 0 unspecified atom stereocenters. The van der Waals surface area contributed by atoms with Gasteiger partial charge in [0.25, 0.3) is 0 Å². The minimum absolute atomic E-state index is 0.0471. The van der Waals surface area contributed by atoms with Crippen LogP contribution in [0.1, 0.15) is 31.0 Å². The van der Waals surface area contributed by atoms with Gasteiger partial charge >= 0.3 is 0 Å². The number of nitrogens with one attached hydrogen (secondary N) is 2. The summed E-state index contributed by atoms with van der Waals surface area (Å²) in [5, 5.41) is 9.27. The molecule has 4 nitrogen and oxygen atoms in total. The van der Waals surface area contributed by atoms with Crippen molar-refractivity contribution in [1.29, 1.82) is 0 Å². The van der Waals surface area contributed by atoms with Gasteiger partial charge in [-0.25, -0.2) is 4.98 Å². The summed E-state index contributed by atoms with van der Waals surface area (Å²) in [5.41, 5.74) is 1.56. The summed E-state index contributed by atoms with van der Waals surface area (Å²) < 4.78 is 0. The van der Waals surface area contributed by atoms with E-state index >= 15 is 0 Å². The number of amides is 1. The quantitative estimate of drug-likeness (QED) is 0.861. The largest absolute Gasteiger partial charge is 0.325 e. The van der Waals surface area contributed by atoms with Crippen molar-refractivity contribution in [2.75, 3.05) is 11.9 Å². The van der Waals surface area contributed by atoms with Gasteiger partial charge in [0.1, 0.15) is 5.01 Å². The average Bonchev–Trinajstić information content (AvgIpc) is 2.93. The molecule has 0 aliphatic heterocycles. The highest BCUT2D eigenvalue weighted by Crippen LogP contribution is 2.27. The molecule has 0 aliphatic rings. The molecule has 0 bridgehead atoms. The van der Waals surface area contributed by atoms with Crippen LogP contribution in [0.25, 0.3) is 0 Å². The third-order valence-corrected chi connectivity index (χ3v) is 4.72. The number of rotatable bonds is 6. The van der Waals surface area contributed by atoms with E-state index in [2.05, 4.69) is 29.5 Å². The van der Waals surface area contributed by atoms with Gasteiger partial charge < -0.3 is 5.32 Å². The number of benzene rings is 1. The van der Waals surface area contributed by atoms with Crippen molar-refractivity contribution < 1.29 is 4.79 Å². The van der Waals surface area contributed by atoms with E-state index in [4.69, 9.17) is 0 Å². The van der Waals surface area contributed by atoms with Crippen LogP contribution in [-0.4, -0.2) is 17.4 Å². The second-order valence-electron chi connectivity index (χ2n) is 5.25. The molecule has 1 heterocycles. The van der Waals surface area contributed by atoms with Crippen LogP contribution in [0.5, 0.6) is 0 Å². The first kappa shape index (κ1) is 15.7. The summed E-state index contributed by atoms with van der Waals surface area (Å²) in [6, 6.07) is 9.48. The fourth-order valence-corrected chi connectivity index (χ4v) is 2.97. The Morgan fingerprint density at radius 2 is 2.05 bits per heavy atom. The number of para-hydroxylation sites is 1. The number of carbonyl (C=O) groups excluding carboxylic acids is 1. The van der Waals surface area contributed by atoms with Crippen molar-refractivity contribution in [3.05, 3.63) is 46.4 Å². The summed E-state index contributed by atoms with van der Waals surface area (Å²) in [6.07, 6.45) is 0.874. The molecular weight excluding hydrogens is 282 g/mol. The lowest BCUT2D eigenvalue weighted by Crippen LogP contribution is -2.43. The summed E-state index contributed by atoms with van der Waals surface area (Å²) in [7, 11) is 0. The predicted octanol–water partition coefficient (Wildman–Crippen LogP) is 3.31. The molecule has 1 aromatic heterocycles. The van der Waals surface area contributed by atoms with Crippen LogP contribution in [0.15, 0.2) is 35.7 Å². The van der Waals surface area contributed by atoms with Crippen molar-refractivity contribution in [2.45, 2.75) is 32.7 Å². The number of carbonyl (C=O) groups is 1. The molecule has 2 rings (SSSR count). The van der Waals surface area contributed by atoms with Gasteiger partial charge in [0, 0.05) is 16.8 Å². The number of thiazole rings is 1. The highest BCUT2D eigenvalue weighted by molar-refractivity contribution is 7.09. The van der Waals surface area contributed by atoms with Crippen molar-refractivity contribution >= 4 is 22.9 Å². The van der Waals surface area contributed by atoms with Crippen LogP contribution in [0.4, 0.5) is 5.69 Å². The van der Waals surface area contributed by atoms with Gasteiger partial charge in [-0.2, -0.15) is 0 Å². The number of aromatic nitrogens is 1. The second kappa shape index (κ2) is 6.83. The van der Waals surface area contributed by atoms with E-state index in [-0.39, 0.29) is 18.0 Å². The van der Waals surface area contributed by atoms with Crippen molar-refractivity contribution in [3.8, 4) is 0 Å². The zero-order chi connectivity index (χ0) is 15.3. The Labute approximate surface area is 129 Å². The Balaban J connectivity index is 1.95. The highest BCUT2D eigenvalue weighted by atomic mass is 32.1. The Morgan fingerprint density at radius 3 is 2.62 bits per heavy atom.